The Morgan fingerprint density at radius 3 is 2.82 bits per heavy atom. The van der Waals surface area contributed by atoms with Crippen LogP contribution >= 0.6 is 11.3 Å². The number of nitrogens with one attached hydrogen (secondary N) is 1. The third-order valence-electron chi connectivity index (χ3n) is 5.22. The summed E-state index contributed by atoms with van der Waals surface area (Å²) in [7, 11) is 0. The molecule has 28 heavy (non-hydrogen) atoms. The molecule has 7 heteroatoms. The minimum Gasteiger partial charge on any atom is -0.350 e. The lowest BCUT2D eigenvalue weighted by molar-refractivity contribution is 0.0926. The van der Waals surface area contributed by atoms with E-state index in [4.69, 9.17) is 0 Å². The zero-order chi connectivity index (χ0) is 19.2. The van der Waals surface area contributed by atoms with Crippen LogP contribution in [0.25, 0.3) is 0 Å². The van der Waals surface area contributed by atoms with Crippen molar-refractivity contribution in [2.24, 2.45) is 5.92 Å². The summed E-state index contributed by atoms with van der Waals surface area (Å²) in [6, 6.07) is 10.6. The second-order valence-electron chi connectivity index (χ2n) is 7.30. The number of benzene rings is 1. The smallest absolute Gasteiger partial charge is 0.270 e. The molecule has 3 aromatic rings. The molecule has 1 unspecified atom stereocenters. The lowest BCUT2D eigenvalue weighted by Crippen LogP contribution is -2.40. The summed E-state index contributed by atoms with van der Waals surface area (Å²) in [5.41, 5.74) is 4.87. The number of hydrogen-bond donors (Lipinski definition) is 1. The normalized spacial score (nSPS) is 17.5. The summed E-state index contributed by atoms with van der Waals surface area (Å²) in [5, 5.41) is 9.17. The van der Waals surface area contributed by atoms with E-state index >= 15 is 0 Å². The number of likely N-dealkylation sites (tertiary alicyclic amines) is 1. The third kappa shape index (κ3) is 4.85. The van der Waals surface area contributed by atoms with Crippen molar-refractivity contribution < 1.29 is 4.79 Å². The second kappa shape index (κ2) is 9.12. The largest absolute Gasteiger partial charge is 0.350 e. The van der Waals surface area contributed by atoms with E-state index in [1.54, 1.807) is 10.9 Å². The van der Waals surface area contributed by atoms with E-state index in [0.717, 1.165) is 32.6 Å². The first-order valence-corrected chi connectivity index (χ1v) is 10.6. The fourth-order valence-electron chi connectivity index (χ4n) is 3.79. The number of carbonyl (C=O) groups excluding carboxylic acids is 1. The van der Waals surface area contributed by atoms with Gasteiger partial charge in [0.2, 0.25) is 0 Å². The molecule has 3 heterocycles. The second-order valence-corrected chi connectivity index (χ2v) is 8.02. The first-order valence-electron chi connectivity index (χ1n) is 9.71. The van der Waals surface area contributed by atoms with E-state index in [-0.39, 0.29) is 5.91 Å². The van der Waals surface area contributed by atoms with E-state index in [9.17, 15) is 4.79 Å². The van der Waals surface area contributed by atoms with Crippen LogP contribution in [0, 0.1) is 5.92 Å². The Bertz CT molecular complexity index is 878. The van der Waals surface area contributed by atoms with Gasteiger partial charge in [-0.15, -0.1) is 11.3 Å². The van der Waals surface area contributed by atoms with Crippen molar-refractivity contribution in [3.63, 3.8) is 0 Å². The van der Waals surface area contributed by atoms with E-state index in [2.05, 4.69) is 44.6 Å². The summed E-state index contributed by atoms with van der Waals surface area (Å²) in [4.78, 5) is 18.7. The van der Waals surface area contributed by atoms with E-state index in [1.165, 1.54) is 28.9 Å². The minimum absolute atomic E-state index is 0.0667. The molecular formula is C21H25N5OS. The molecule has 1 fully saturated rings. The number of aromatic nitrogens is 3. The molecule has 0 bridgehead atoms. The van der Waals surface area contributed by atoms with Crippen LogP contribution in [0.15, 0.2) is 53.6 Å². The van der Waals surface area contributed by atoms with Gasteiger partial charge in [-0.1, -0.05) is 24.3 Å². The van der Waals surface area contributed by atoms with Crippen molar-refractivity contribution in [3.8, 4) is 0 Å². The highest BCUT2D eigenvalue weighted by Gasteiger charge is 2.21. The highest BCUT2D eigenvalue weighted by molar-refractivity contribution is 7.07. The molecule has 1 aliphatic heterocycles. The number of nitrogens with zero attached hydrogens (tertiary/aromatic N) is 4. The summed E-state index contributed by atoms with van der Waals surface area (Å²) in [5.74, 6) is 0.414. The van der Waals surface area contributed by atoms with Gasteiger partial charge in [0.1, 0.15) is 5.69 Å². The van der Waals surface area contributed by atoms with Gasteiger partial charge in [0, 0.05) is 37.4 Å². The Labute approximate surface area is 169 Å². The fourth-order valence-corrected chi connectivity index (χ4v) is 4.32. The van der Waals surface area contributed by atoms with Crippen molar-refractivity contribution in [3.05, 3.63) is 70.4 Å². The Morgan fingerprint density at radius 2 is 2.07 bits per heavy atom. The van der Waals surface area contributed by atoms with Crippen LogP contribution < -0.4 is 5.32 Å². The van der Waals surface area contributed by atoms with Crippen molar-refractivity contribution in [2.75, 3.05) is 19.6 Å². The van der Waals surface area contributed by atoms with Gasteiger partial charge in [0.15, 0.2) is 0 Å². The van der Waals surface area contributed by atoms with Gasteiger partial charge in [-0.2, -0.15) is 5.10 Å². The van der Waals surface area contributed by atoms with Crippen LogP contribution in [-0.2, 0) is 13.1 Å². The zero-order valence-corrected chi connectivity index (χ0v) is 16.6. The summed E-state index contributed by atoms with van der Waals surface area (Å²) in [6.07, 6.45) is 6.14. The van der Waals surface area contributed by atoms with E-state index < -0.39 is 0 Å². The maximum absolute atomic E-state index is 12.1. The first-order chi connectivity index (χ1) is 13.8. The van der Waals surface area contributed by atoms with Gasteiger partial charge in [-0.25, -0.2) is 4.98 Å². The van der Waals surface area contributed by atoms with Crippen LogP contribution in [0.1, 0.15) is 34.5 Å². The van der Waals surface area contributed by atoms with Crippen LogP contribution in [0.5, 0.6) is 0 Å². The topological polar surface area (TPSA) is 63.1 Å². The molecule has 2 aromatic heterocycles. The molecule has 1 N–H and O–H groups in total. The van der Waals surface area contributed by atoms with Crippen molar-refractivity contribution in [2.45, 2.75) is 25.9 Å². The molecule has 0 radical (unpaired) electrons. The van der Waals surface area contributed by atoms with Crippen LogP contribution in [0.4, 0.5) is 0 Å². The minimum atomic E-state index is -0.0667. The highest BCUT2D eigenvalue weighted by Crippen LogP contribution is 2.20. The van der Waals surface area contributed by atoms with E-state index in [1.807, 2.05) is 23.1 Å². The standard InChI is InChI=1S/C21H25N5OS/c27-21(20-15-28-16-23-20)22-11-17-5-3-9-25(12-17)13-18-6-1-2-7-19(18)14-26-10-4-8-24-26/h1-2,4,6-8,10,15-17H,3,5,9,11-14H2,(H,22,27). The molecule has 0 aliphatic carbocycles. The molecule has 6 nitrogen and oxygen atoms in total. The Morgan fingerprint density at radius 1 is 1.21 bits per heavy atom. The molecule has 0 saturated carbocycles. The van der Waals surface area contributed by atoms with E-state index in [0.29, 0.717) is 18.2 Å². The predicted molar refractivity (Wildman–Crippen MR) is 110 cm³/mol. The van der Waals surface area contributed by atoms with Gasteiger partial charge in [0.05, 0.1) is 12.1 Å². The van der Waals surface area contributed by atoms with Crippen molar-refractivity contribution >= 4 is 17.2 Å². The van der Waals surface area contributed by atoms with Gasteiger partial charge >= 0.3 is 0 Å². The molecular weight excluding hydrogens is 370 g/mol. The Hall–Kier alpha value is -2.51. The fraction of sp³-hybridized carbons (Fsp3) is 0.381. The Balaban J connectivity index is 1.33. The molecule has 146 valence electrons. The van der Waals surface area contributed by atoms with Gasteiger partial charge in [0.25, 0.3) is 5.91 Å². The summed E-state index contributed by atoms with van der Waals surface area (Å²) < 4.78 is 1.96. The lowest BCUT2D eigenvalue weighted by atomic mass is 9.97. The molecule has 1 atom stereocenters. The van der Waals surface area contributed by atoms with Crippen molar-refractivity contribution in [1.82, 2.24) is 25.0 Å². The highest BCUT2D eigenvalue weighted by atomic mass is 32.1. The zero-order valence-electron chi connectivity index (χ0n) is 15.8. The van der Waals surface area contributed by atoms with Crippen LogP contribution in [-0.4, -0.2) is 45.2 Å². The maximum atomic E-state index is 12.1. The van der Waals surface area contributed by atoms with Gasteiger partial charge in [-0.05, 0) is 42.5 Å². The lowest BCUT2D eigenvalue weighted by Gasteiger charge is -2.33. The predicted octanol–water partition coefficient (Wildman–Crippen LogP) is 3.03. The maximum Gasteiger partial charge on any atom is 0.270 e. The molecule has 1 amide bonds. The van der Waals surface area contributed by atoms with Crippen LogP contribution in [0.3, 0.4) is 0 Å². The van der Waals surface area contributed by atoms with Crippen molar-refractivity contribution in [1.29, 1.82) is 0 Å². The average Bonchev–Trinajstić information content (AvgIpc) is 3.42. The molecule has 1 saturated heterocycles. The molecule has 0 spiro atoms. The number of hydrogen-bond acceptors (Lipinski definition) is 5. The number of rotatable bonds is 7. The number of thiazole rings is 1. The summed E-state index contributed by atoms with van der Waals surface area (Å²) >= 11 is 1.45. The molecule has 1 aliphatic rings. The Kier molecular flexibility index (Phi) is 6.14. The quantitative estimate of drug-likeness (QED) is 0.668. The monoisotopic (exact) mass is 395 g/mol. The molecule has 4 rings (SSSR count). The SMILES string of the molecule is O=C(NCC1CCCN(Cc2ccccc2Cn2cccn2)C1)c1cscn1. The third-order valence-corrected chi connectivity index (χ3v) is 5.81. The molecule has 1 aromatic carbocycles. The number of piperidine rings is 1. The summed E-state index contributed by atoms with van der Waals surface area (Å²) in [6.45, 7) is 4.56. The van der Waals surface area contributed by atoms with Gasteiger partial charge < -0.3 is 5.32 Å². The number of carbonyl (C=O) groups is 1. The average molecular weight is 396 g/mol. The number of amides is 1. The first kappa shape index (κ1) is 18.8. The van der Waals surface area contributed by atoms with Gasteiger partial charge in [-0.3, -0.25) is 14.4 Å². The van der Waals surface area contributed by atoms with Crippen LogP contribution in [0.2, 0.25) is 0 Å².